The SMILES string of the molecule is CCOC(=O)C1CC(S(=O)(=O)Nc2ccc(OC)cc2OC)NN1. The minimum absolute atomic E-state index is 0.0483. The van der Waals surface area contributed by atoms with Gasteiger partial charge in [0.25, 0.3) is 0 Å². The van der Waals surface area contributed by atoms with E-state index in [0.29, 0.717) is 11.5 Å². The van der Waals surface area contributed by atoms with Crippen LogP contribution < -0.4 is 25.0 Å². The van der Waals surface area contributed by atoms with Gasteiger partial charge < -0.3 is 14.2 Å². The van der Waals surface area contributed by atoms with Crippen molar-refractivity contribution in [3.63, 3.8) is 0 Å². The fourth-order valence-electron chi connectivity index (χ4n) is 2.23. The first-order valence-corrected chi connectivity index (χ1v) is 8.87. The molecule has 0 aromatic heterocycles. The van der Waals surface area contributed by atoms with Gasteiger partial charge in [-0.3, -0.25) is 9.52 Å². The molecule has 1 aromatic carbocycles. The van der Waals surface area contributed by atoms with Gasteiger partial charge in [-0.25, -0.2) is 19.3 Å². The van der Waals surface area contributed by atoms with Crippen molar-refractivity contribution in [1.29, 1.82) is 0 Å². The van der Waals surface area contributed by atoms with Crippen LogP contribution in [-0.4, -0.2) is 46.6 Å². The number of carbonyl (C=O) groups excluding carboxylic acids is 1. The van der Waals surface area contributed by atoms with Crippen molar-refractivity contribution < 1.29 is 27.4 Å². The fraction of sp³-hybridized carbons (Fsp3) is 0.500. The predicted molar refractivity (Wildman–Crippen MR) is 87.2 cm³/mol. The third-order valence-electron chi connectivity index (χ3n) is 3.47. The monoisotopic (exact) mass is 359 g/mol. The molecule has 0 aliphatic carbocycles. The molecular formula is C14H21N3O6S. The van der Waals surface area contributed by atoms with Crippen LogP contribution in [0.3, 0.4) is 0 Å². The molecule has 1 fully saturated rings. The zero-order valence-corrected chi connectivity index (χ0v) is 14.5. The Morgan fingerprint density at radius 2 is 2.04 bits per heavy atom. The molecule has 1 aliphatic rings. The first-order valence-electron chi connectivity index (χ1n) is 7.32. The summed E-state index contributed by atoms with van der Waals surface area (Å²) in [4.78, 5) is 11.7. The number of carbonyl (C=O) groups is 1. The smallest absolute Gasteiger partial charge is 0.324 e. The van der Waals surface area contributed by atoms with Gasteiger partial charge in [0.1, 0.15) is 22.9 Å². The van der Waals surface area contributed by atoms with Crippen molar-refractivity contribution in [2.24, 2.45) is 0 Å². The summed E-state index contributed by atoms with van der Waals surface area (Å²) in [7, 11) is -0.867. The second-order valence-corrected chi connectivity index (χ2v) is 6.89. The van der Waals surface area contributed by atoms with Crippen molar-refractivity contribution in [3.8, 4) is 11.5 Å². The van der Waals surface area contributed by atoms with Crippen LogP contribution >= 0.6 is 0 Å². The molecule has 0 bridgehead atoms. The summed E-state index contributed by atoms with van der Waals surface area (Å²) in [6, 6.07) is 4.01. The average molecular weight is 359 g/mol. The van der Waals surface area contributed by atoms with E-state index in [1.807, 2.05) is 0 Å². The summed E-state index contributed by atoms with van der Waals surface area (Å²) < 4.78 is 42.6. The Labute approximate surface area is 140 Å². The molecule has 0 spiro atoms. The molecule has 10 heteroatoms. The molecule has 1 heterocycles. The molecule has 1 aliphatic heterocycles. The predicted octanol–water partition coefficient (Wildman–Crippen LogP) is 0.201. The highest BCUT2D eigenvalue weighted by Crippen LogP contribution is 2.30. The number of hydrogen-bond donors (Lipinski definition) is 3. The fourth-order valence-corrected chi connectivity index (χ4v) is 3.52. The van der Waals surface area contributed by atoms with E-state index in [0.717, 1.165) is 0 Å². The Hall–Kier alpha value is -2.04. The van der Waals surface area contributed by atoms with Crippen molar-refractivity contribution in [2.75, 3.05) is 25.5 Å². The zero-order valence-electron chi connectivity index (χ0n) is 13.7. The van der Waals surface area contributed by atoms with E-state index in [2.05, 4.69) is 15.6 Å². The van der Waals surface area contributed by atoms with Crippen LogP contribution in [0, 0.1) is 0 Å². The average Bonchev–Trinajstić information content (AvgIpc) is 3.06. The van der Waals surface area contributed by atoms with Gasteiger partial charge >= 0.3 is 5.97 Å². The lowest BCUT2D eigenvalue weighted by atomic mass is 10.2. The normalized spacial score (nSPS) is 20.5. The Bertz CT molecular complexity index is 694. The Balaban J connectivity index is 2.11. The lowest BCUT2D eigenvalue weighted by molar-refractivity contribution is -0.145. The Morgan fingerprint density at radius 1 is 1.29 bits per heavy atom. The molecule has 24 heavy (non-hydrogen) atoms. The van der Waals surface area contributed by atoms with E-state index in [-0.39, 0.29) is 18.7 Å². The van der Waals surface area contributed by atoms with Gasteiger partial charge in [-0.1, -0.05) is 0 Å². The third-order valence-corrected chi connectivity index (χ3v) is 5.04. The standard InChI is InChI=1S/C14H21N3O6S/c1-4-23-14(18)11-8-13(16-15-11)24(19,20)17-10-6-5-9(21-2)7-12(10)22-3/h5-7,11,13,15-17H,4,8H2,1-3H3. The Kier molecular flexibility index (Phi) is 5.86. The summed E-state index contributed by atoms with van der Waals surface area (Å²) >= 11 is 0. The number of anilines is 1. The van der Waals surface area contributed by atoms with Crippen LogP contribution in [0.5, 0.6) is 11.5 Å². The molecular weight excluding hydrogens is 338 g/mol. The molecule has 0 radical (unpaired) electrons. The van der Waals surface area contributed by atoms with Crippen LogP contribution in [0.25, 0.3) is 0 Å². The highest BCUT2D eigenvalue weighted by molar-refractivity contribution is 7.93. The van der Waals surface area contributed by atoms with Gasteiger partial charge in [0, 0.05) is 12.5 Å². The summed E-state index contributed by atoms with van der Waals surface area (Å²) in [5.41, 5.74) is 5.51. The van der Waals surface area contributed by atoms with Crippen LogP contribution in [0.4, 0.5) is 5.69 Å². The van der Waals surface area contributed by atoms with E-state index in [4.69, 9.17) is 14.2 Å². The largest absolute Gasteiger partial charge is 0.497 e. The molecule has 1 saturated heterocycles. The molecule has 2 atom stereocenters. The first-order chi connectivity index (χ1) is 11.4. The molecule has 1 aromatic rings. The lowest BCUT2D eigenvalue weighted by Crippen LogP contribution is -2.41. The van der Waals surface area contributed by atoms with Gasteiger partial charge in [-0.2, -0.15) is 0 Å². The molecule has 3 N–H and O–H groups in total. The van der Waals surface area contributed by atoms with Crippen LogP contribution in [0.2, 0.25) is 0 Å². The lowest BCUT2D eigenvalue weighted by Gasteiger charge is -2.16. The van der Waals surface area contributed by atoms with Crippen molar-refractivity contribution in [3.05, 3.63) is 18.2 Å². The van der Waals surface area contributed by atoms with E-state index < -0.39 is 27.4 Å². The van der Waals surface area contributed by atoms with Crippen LogP contribution in [0.15, 0.2) is 18.2 Å². The minimum atomic E-state index is -3.80. The van der Waals surface area contributed by atoms with Crippen molar-refractivity contribution in [2.45, 2.75) is 24.8 Å². The van der Waals surface area contributed by atoms with Gasteiger partial charge in [0.2, 0.25) is 10.0 Å². The number of nitrogens with one attached hydrogen (secondary N) is 3. The first kappa shape index (κ1) is 18.3. The summed E-state index contributed by atoms with van der Waals surface area (Å²) in [6.07, 6.45) is 0.0483. The molecule has 2 rings (SSSR count). The van der Waals surface area contributed by atoms with Gasteiger partial charge in [0.05, 0.1) is 26.5 Å². The van der Waals surface area contributed by atoms with E-state index in [1.165, 1.54) is 14.2 Å². The molecule has 134 valence electrons. The van der Waals surface area contributed by atoms with Gasteiger partial charge in [-0.05, 0) is 19.1 Å². The highest BCUT2D eigenvalue weighted by Gasteiger charge is 2.38. The van der Waals surface area contributed by atoms with Gasteiger partial charge in [0.15, 0.2) is 0 Å². The van der Waals surface area contributed by atoms with Crippen molar-refractivity contribution in [1.82, 2.24) is 10.9 Å². The number of sulfonamides is 1. The van der Waals surface area contributed by atoms with Crippen LogP contribution in [-0.2, 0) is 19.6 Å². The second kappa shape index (κ2) is 7.69. The summed E-state index contributed by atoms with van der Waals surface area (Å²) in [5, 5.41) is -0.987. The number of esters is 1. The quantitative estimate of drug-likeness (QED) is 0.592. The topological polar surface area (TPSA) is 115 Å². The summed E-state index contributed by atoms with van der Waals surface area (Å²) in [6.45, 7) is 1.92. The number of hydrogen-bond acceptors (Lipinski definition) is 8. The maximum absolute atomic E-state index is 12.5. The minimum Gasteiger partial charge on any atom is -0.497 e. The number of rotatable bonds is 7. The number of ether oxygens (including phenoxy) is 3. The van der Waals surface area contributed by atoms with E-state index in [1.54, 1.807) is 25.1 Å². The maximum atomic E-state index is 12.5. The molecule has 0 saturated carbocycles. The number of benzene rings is 1. The number of hydrazine groups is 1. The highest BCUT2D eigenvalue weighted by atomic mass is 32.2. The molecule has 9 nitrogen and oxygen atoms in total. The van der Waals surface area contributed by atoms with Crippen LogP contribution in [0.1, 0.15) is 13.3 Å². The van der Waals surface area contributed by atoms with E-state index >= 15 is 0 Å². The maximum Gasteiger partial charge on any atom is 0.324 e. The molecule has 2 unspecified atom stereocenters. The summed E-state index contributed by atoms with van der Waals surface area (Å²) in [5.74, 6) is 0.369. The number of methoxy groups -OCH3 is 2. The molecule has 0 amide bonds. The van der Waals surface area contributed by atoms with Gasteiger partial charge in [-0.15, -0.1) is 0 Å². The zero-order chi connectivity index (χ0) is 17.7. The van der Waals surface area contributed by atoms with E-state index in [9.17, 15) is 13.2 Å². The van der Waals surface area contributed by atoms with Crippen molar-refractivity contribution >= 4 is 21.7 Å². The second-order valence-electron chi connectivity index (χ2n) is 5.03. The third kappa shape index (κ3) is 4.08. The Morgan fingerprint density at radius 3 is 2.67 bits per heavy atom.